The van der Waals surface area contributed by atoms with Gasteiger partial charge in [0.15, 0.2) is 6.10 Å². The zero-order chi connectivity index (χ0) is 15.2. The number of hydrogen-bond donors (Lipinski definition) is 2. The number of amides is 1. The van der Waals surface area contributed by atoms with Crippen LogP contribution in [-0.2, 0) is 19.1 Å². The fraction of sp³-hybridized carbons (Fsp3) is 0.429. The molecule has 2 atom stereocenters. The number of carbonyl (C=O) groups excluding carboxylic acids is 1. The molecule has 0 saturated carbocycles. The second-order valence-electron chi connectivity index (χ2n) is 4.65. The Morgan fingerprint density at radius 1 is 1.43 bits per heavy atom. The molecule has 114 valence electrons. The summed E-state index contributed by atoms with van der Waals surface area (Å²) < 4.78 is 11.3. The maximum atomic E-state index is 12.1. The Kier molecular flexibility index (Phi) is 5.72. The van der Waals surface area contributed by atoms with Gasteiger partial charge in [-0.05, 0) is 17.7 Å². The number of ether oxygens (including phenoxy) is 2. The summed E-state index contributed by atoms with van der Waals surface area (Å²) in [6.45, 7) is 1.01. The third kappa shape index (κ3) is 4.80. The van der Waals surface area contributed by atoms with Gasteiger partial charge in [0.1, 0.15) is 0 Å². The topological polar surface area (TPSA) is 84.9 Å². The van der Waals surface area contributed by atoms with Gasteiger partial charge in [0.25, 0.3) is 5.91 Å². The van der Waals surface area contributed by atoms with E-state index >= 15 is 0 Å². The van der Waals surface area contributed by atoms with Crippen molar-refractivity contribution in [3.63, 3.8) is 0 Å². The number of aliphatic carboxylic acids is 1. The summed E-state index contributed by atoms with van der Waals surface area (Å²) in [7, 11) is 0. The fourth-order valence-electron chi connectivity index (χ4n) is 2.05. The number of rotatable bonds is 5. The first-order chi connectivity index (χ1) is 10.1. The third-order valence-corrected chi connectivity index (χ3v) is 3.55. The molecule has 0 aromatic heterocycles. The monoisotopic (exact) mass is 357 g/mol. The van der Waals surface area contributed by atoms with Gasteiger partial charge in [-0.2, -0.15) is 0 Å². The minimum Gasteiger partial charge on any atom is -0.481 e. The van der Waals surface area contributed by atoms with Crippen molar-refractivity contribution in [2.45, 2.75) is 18.6 Å². The summed E-state index contributed by atoms with van der Waals surface area (Å²) in [4.78, 5) is 23.1. The lowest BCUT2D eigenvalue weighted by atomic mass is 10.0. The van der Waals surface area contributed by atoms with Crippen LogP contribution >= 0.6 is 15.9 Å². The predicted molar refractivity (Wildman–Crippen MR) is 77.8 cm³/mol. The smallest absolute Gasteiger partial charge is 0.305 e. The Balaban J connectivity index is 2.08. The minimum absolute atomic E-state index is 0.185. The average Bonchev–Trinajstić information content (AvgIpc) is 2.47. The summed E-state index contributed by atoms with van der Waals surface area (Å²) in [5.41, 5.74) is 0.719. The van der Waals surface area contributed by atoms with E-state index in [1.54, 1.807) is 18.2 Å². The first-order valence-electron chi connectivity index (χ1n) is 6.53. The quantitative estimate of drug-likeness (QED) is 0.833. The number of carboxylic acids is 1. The van der Waals surface area contributed by atoms with Crippen molar-refractivity contribution in [3.8, 4) is 0 Å². The van der Waals surface area contributed by atoms with E-state index in [2.05, 4.69) is 21.2 Å². The second kappa shape index (κ2) is 7.53. The van der Waals surface area contributed by atoms with Crippen molar-refractivity contribution >= 4 is 27.8 Å². The molecule has 1 heterocycles. The van der Waals surface area contributed by atoms with Crippen molar-refractivity contribution in [2.24, 2.45) is 0 Å². The molecule has 1 amide bonds. The molecule has 2 N–H and O–H groups in total. The summed E-state index contributed by atoms with van der Waals surface area (Å²) in [6, 6.07) is 6.57. The van der Waals surface area contributed by atoms with E-state index in [0.717, 1.165) is 10.0 Å². The van der Waals surface area contributed by atoms with Gasteiger partial charge < -0.3 is 19.9 Å². The van der Waals surface area contributed by atoms with Crippen LogP contribution in [0.3, 0.4) is 0 Å². The lowest BCUT2D eigenvalue weighted by molar-refractivity contribution is -0.148. The van der Waals surface area contributed by atoms with Crippen LogP contribution < -0.4 is 5.32 Å². The molecule has 1 aliphatic rings. The Labute approximate surface area is 130 Å². The molecular weight excluding hydrogens is 342 g/mol. The minimum atomic E-state index is -0.985. The van der Waals surface area contributed by atoms with Crippen LogP contribution in [0.5, 0.6) is 0 Å². The number of carboxylic acid groups (broad SMARTS) is 1. The van der Waals surface area contributed by atoms with E-state index in [9.17, 15) is 9.59 Å². The Bertz CT molecular complexity index is 516. The standard InChI is InChI=1S/C14H16BrNO5/c15-10-3-1-2-9(6-10)11(7-13(17)18)16-14(19)12-8-20-4-5-21-12/h1-3,6,11-12H,4-5,7-8H2,(H,16,19)(H,17,18)/t11-,12-/m0/s1. The number of hydrogen-bond acceptors (Lipinski definition) is 4. The van der Waals surface area contributed by atoms with Crippen LogP contribution in [0.2, 0.25) is 0 Å². The number of nitrogens with one attached hydrogen (secondary N) is 1. The van der Waals surface area contributed by atoms with E-state index in [-0.39, 0.29) is 18.9 Å². The van der Waals surface area contributed by atoms with E-state index in [4.69, 9.17) is 14.6 Å². The zero-order valence-corrected chi connectivity index (χ0v) is 12.8. The molecule has 0 spiro atoms. The molecule has 21 heavy (non-hydrogen) atoms. The molecule has 0 radical (unpaired) electrons. The molecule has 1 aromatic carbocycles. The van der Waals surface area contributed by atoms with Crippen LogP contribution in [0.15, 0.2) is 28.7 Å². The highest BCUT2D eigenvalue weighted by atomic mass is 79.9. The maximum Gasteiger partial charge on any atom is 0.305 e. The highest BCUT2D eigenvalue weighted by molar-refractivity contribution is 9.10. The Morgan fingerprint density at radius 2 is 2.24 bits per heavy atom. The van der Waals surface area contributed by atoms with Crippen LogP contribution in [0.1, 0.15) is 18.0 Å². The van der Waals surface area contributed by atoms with E-state index in [1.807, 2.05) is 6.07 Å². The van der Waals surface area contributed by atoms with Crippen molar-refractivity contribution in [2.75, 3.05) is 19.8 Å². The van der Waals surface area contributed by atoms with Gasteiger partial charge in [-0.25, -0.2) is 0 Å². The van der Waals surface area contributed by atoms with Crippen molar-refractivity contribution in [1.82, 2.24) is 5.32 Å². The summed E-state index contributed by atoms with van der Waals surface area (Å²) in [5, 5.41) is 11.7. The van der Waals surface area contributed by atoms with Crippen LogP contribution in [0.4, 0.5) is 0 Å². The fourth-order valence-corrected chi connectivity index (χ4v) is 2.47. The number of halogens is 1. The van der Waals surface area contributed by atoms with Gasteiger partial charge in [0.2, 0.25) is 0 Å². The molecule has 0 unspecified atom stereocenters. The summed E-state index contributed by atoms with van der Waals surface area (Å²) in [5.74, 6) is -1.35. The predicted octanol–water partition coefficient (Wildman–Crippen LogP) is 1.50. The average molecular weight is 358 g/mol. The molecule has 0 aliphatic carbocycles. The van der Waals surface area contributed by atoms with Crippen molar-refractivity contribution < 1.29 is 24.2 Å². The van der Waals surface area contributed by atoms with Crippen LogP contribution in [0, 0.1) is 0 Å². The maximum absolute atomic E-state index is 12.1. The Hall–Kier alpha value is -1.44. The van der Waals surface area contributed by atoms with Crippen molar-refractivity contribution in [1.29, 1.82) is 0 Å². The molecule has 1 fully saturated rings. The molecule has 6 nitrogen and oxygen atoms in total. The summed E-state index contributed by atoms with van der Waals surface area (Å²) >= 11 is 3.33. The van der Waals surface area contributed by atoms with Gasteiger partial charge in [-0.3, -0.25) is 9.59 Å². The highest BCUT2D eigenvalue weighted by Crippen LogP contribution is 2.21. The van der Waals surface area contributed by atoms with Crippen molar-refractivity contribution in [3.05, 3.63) is 34.3 Å². The largest absolute Gasteiger partial charge is 0.481 e. The molecule has 1 aromatic rings. The van der Waals surface area contributed by atoms with Crippen LogP contribution in [0.25, 0.3) is 0 Å². The zero-order valence-electron chi connectivity index (χ0n) is 11.3. The Morgan fingerprint density at radius 3 is 2.86 bits per heavy atom. The first-order valence-corrected chi connectivity index (χ1v) is 7.32. The van der Waals surface area contributed by atoms with E-state index in [0.29, 0.717) is 13.2 Å². The first kappa shape index (κ1) is 15.9. The molecule has 2 rings (SSSR count). The lowest BCUT2D eigenvalue weighted by Crippen LogP contribution is -2.44. The molecule has 7 heteroatoms. The van der Waals surface area contributed by atoms with E-state index in [1.165, 1.54) is 0 Å². The lowest BCUT2D eigenvalue weighted by Gasteiger charge is -2.25. The highest BCUT2D eigenvalue weighted by Gasteiger charge is 2.26. The second-order valence-corrected chi connectivity index (χ2v) is 5.56. The SMILES string of the molecule is O=C(O)C[C@H](NC(=O)[C@@H]1COCCO1)c1cccc(Br)c1. The molecule has 0 bridgehead atoms. The molecular formula is C14H16BrNO5. The number of carbonyl (C=O) groups is 2. The van der Waals surface area contributed by atoms with Gasteiger partial charge in [-0.1, -0.05) is 28.1 Å². The molecule has 1 aliphatic heterocycles. The van der Waals surface area contributed by atoms with Gasteiger partial charge >= 0.3 is 5.97 Å². The number of benzene rings is 1. The van der Waals surface area contributed by atoms with Gasteiger partial charge in [0, 0.05) is 4.47 Å². The normalized spacial score (nSPS) is 19.8. The van der Waals surface area contributed by atoms with E-state index < -0.39 is 18.1 Å². The van der Waals surface area contributed by atoms with Gasteiger partial charge in [-0.15, -0.1) is 0 Å². The van der Waals surface area contributed by atoms with Gasteiger partial charge in [0.05, 0.1) is 32.3 Å². The molecule has 1 saturated heterocycles. The van der Waals surface area contributed by atoms with Crippen LogP contribution in [-0.4, -0.2) is 42.9 Å². The summed E-state index contributed by atoms with van der Waals surface area (Å²) in [6.07, 6.45) is -0.891. The third-order valence-electron chi connectivity index (χ3n) is 3.05.